The van der Waals surface area contributed by atoms with E-state index in [2.05, 4.69) is 36.4 Å². The van der Waals surface area contributed by atoms with Gasteiger partial charge in [-0.05, 0) is 17.2 Å². The van der Waals surface area contributed by atoms with Crippen LogP contribution in [0.2, 0.25) is 0 Å². The van der Waals surface area contributed by atoms with Crippen LogP contribution in [0.25, 0.3) is 5.57 Å². The van der Waals surface area contributed by atoms with E-state index >= 15 is 0 Å². The second kappa shape index (κ2) is 4.41. The topological polar surface area (TPSA) is 3.24 Å². The molecule has 1 aromatic carbocycles. The van der Waals surface area contributed by atoms with Gasteiger partial charge in [0.15, 0.2) is 0 Å². The quantitative estimate of drug-likeness (QED) is 0.662. The van der Waals surface area contributed by atoms with Gasteiger partial charge in [0.1, 0.15) is 0 Å². The van der Waals surface area contributed by atoms with E-state index in [1.54, 1.807) is 0 Å². The van der Waals surface area contributed by atoms with Crippen molar-refractivity contribution < 1.29 is 0 Å². The van der Waals surface area contributed by atoms with Crippen LogP contribution < -0.4 is 0 Å². The smallest absolute Gasteiger partial charge is 0.0854 e. The van der Waals surface area contributed by atoms with Gasteiger partial charge in [-0.25, -0.2) is 0 Å². The second-order valence-electron chi connectivity index (χ2n) is 3.55. The maximum atomic E-state index is 5.25. The summed E-state index contributed by atoms with van der Waals surface area (Å²) < 4.78 is 0. The largest absolute Gasteiger partial charge is 0.345 e. The van der Waals surface area contributed by atoms with Gasteiger partial charge in [0.2, 0.25) is 0 Å². The molecule has 0 unspecified atom stereocenters. The summed E-state index contributed by atoms with van der Waals surface area (Å²) in [5.74, 6) is 0. The molecule has 2 rings (SSSR count). The van der Waals surface area contributed by atoms with Gasteiger partial charge in [0.25, 0.3) is 0 Å². The number of benzene rings is 1. The van der Waals surface area contributed by atoms with Crippen molar-refractivity contribution >= 4 is 22.8 Å². The van der Waals surface area contributed by atoms with Crippen LogP contribution in [0.4, 0.5) is 0 Å². The third-order valence-electron chi connectivity index (χ3n) is 2.47. The lowest BCUT2D eigenvalue weighted by Crippen LogP contribution is -2.16. The van der Waals surface area contributed by atoms with Gasteiger partial charge >= 0.3 is 0 Å². The lowest BCUT2D eigenvalue weighted by molar-refractivity contribution is 0.694. The zero-order valence-corrected chi connectivity index (χ0v) is 9.50. The number of rotatable bonds is 1. The second-order valence-corrected chi connectivity index (χ2v) is 4.02. The summed E-state index contributed by atoms with van der Waals surface area (Å²) >= 11 is 5.25. The number of hydrogen-bond acceptors (Lipinski definition) is 1. The highest BCUT2D eigenvalue weighted by Gasteiger charge is 2.05. The van der Waals surface area contributed by atoms with Crippen molar-refractivity contribution in [3.05, 3.63) is 54.2 Å². The van der Waals surface area contributed by atoms with E-state index in [4.69, 9.17) is 12.2 Å². The summed E-state index contributed by atoms with van der Waals surface area (Å²) in [6.45, 7) is 0. The Hall–Kier alpha value is -1.41. The van der Waals surface area contributed by atoms with Crippen LogP contribution in [-0.4, -0.2) is 16.9 Å². The summed E-state index contributed by atoms with van der Waals surface area (Å²) in [7, 11) is 1.99. The van der Waals surface area contributed by atoms with Crippen LogP contribution in [0.5, 0.6) is 0 Å². The van der Waals surface area contributed by atoms with E-state index in [-0.39, 0.29) is 0 Å². The van der Waals surface area contributed by atoms with Crippen LogP contribution in [0.15, 0.2) is 48.7 Å². The van der Waals surface area contributed by atoms with Gasteiger partial charge in [-0.3, -0.25) is 0 Å². The third kappa shape index (κ3) is 2.34. The van der Waals surface area contributed by atoms with E-state index in [0.717, 1.165) is 11.4 Å². The number of hydrogen-bond donors (Lipinski definition) is 0. The van der Waals surface area contributed by atoms with Crippen molar-refractivity contribution in [2.24, 2.45) is 0 Å². The summed E-state index contributed by atoms with van der Waals surface area (Å²) in [4.78, 5) is 2.94. The zero-order chi connectivity index (χ0) is 10.7. The zero-order valence-electron chi connectivity index (χ0n) is 8.68. The first kappa shape index (κ1) is 10.1. The first-order valence-corrected chi connectivity index (χ1v) is 5.37. The predicted molar refractivity (Wildman–Crippen MR) is 68.5 cm³/mol. The first-order valence-electron chi connectivity index (χ1n) is 4.97. The Morgan fingerprint density at radius 1 is 1.20 bits per heavy atom. The van der Waals surface area contributed by atoms with Gasteiger partial charge in [-0.2, -0.15) is 0 Å². The van der Waals surface area contributed by atoms with Gasteiger partial charge in [-0.1, -0.05) is 48.6 Å². The summed E-state index contributed by atoms with van der Waals surface area (Å²) in [5.41, 5.74) is 2.48. The van der Waals surface area contributed by atoms with Crippen molar-refractivity contribution in [2.75, 3.05) is 7.05 Å². The normalized spacial score (nSPS) is 16.2. The van der Waals surface area contributed by atoms with Crippen LogP contribution >= 0.6 is 12.2 Å². The molecule has 0 atom stereocenters. The molecular weight excluding hydrogens is 202 g/mol. The van der Waals surface area contributed by atoms with E-state index in [1.807, 2.05) is 24.2 Å². The molecule has 0 radical (unpaired) electrons. The van der Waals surface area contributed by atoms with E-state index in [1.165, 1.54) is 11.1 Å². The summed E-state index contributed by atoms with van der Waals surface area (Å²) in [5, 5.41) is 0. The van der Waals surface area contributed by atoms with Crippen LogP contribution in [0.1, 0.15) is 12.0 Å². The average molecular weight is 215 g/mol. The molecule has 76 valence electrons. The summed E-state index contributed by atoms with van der Waals surface area (Å²) in [6, 6.07) is 10.4. The molecule has 0 aliphatic carbocycles. The molecule has 1 nitrogen and oxygen atoms in total. The van der Waals surface area contributed by atoms with Crippen molar-refractivity contribution in [3.63, 3.8) is 0 Å². The molecule has 0 saturated carbocycles. The minimum Gasteiger partial charge on any atom is -0.345 e. The molecule has 1 aliphatic heterocycles. The van der Waals surface area contributed by atoms with E-state index in [0.29, 0.717) is 0 Å². The Bertz CT molecular complexity index is 417. The molecule has 0 amide bonds. The Morgan fingerprint density at radius 3 is 2.67 bits per heavy atom. The molecule has 2 heteroatoms. The van der Waals surface area contributed by atoms with Crippen LogP contribution in [0.3, 0.4) is 0 Å². The number of nitrogens with zero attached hydrogens (tertiary/aromatic N) is 1. The fourth-order valence-electron chi connectivity index (χ4n) is 1.53. The van der Waals surface area contributed by atoms with Gasteiger partial charge < -0.3 is 4.90 Å². The highest BCUT2D eigenvalue weighted by Crippen LogP contribution is 2.19. The number of thiocarbonyl (C=S) groups is 1. The standard InChI is InChI=1S/C13H13NS/c1-14-10-9-12(7-8-13(14)15)11-5-3-2-4-6-11/h2-7,9-10H,8H2,1H3. The Balaban J connectivity index is 2.31. The Labute approximate surface area is 95.7 Å². The molecule has 0 fully saturated rings. The van der Waals surface area contributed by atoms with Crippen molar-refractivity contribution in [2.45, 2.75) is 6.42 Å². The van der Waals surface area contributed by atoms with E-state index in [9.17, 15) is 0 Å². The lowest BCUT2D eigenvalue weighted by Gasteiger charge is -2.10. The third-order valence-corrected chi connectivity index (χ3v) is 2.93. The highest BCUT2D eigenvalue weighted by molar-refractivity contribution is 7.80. The Kier molecular flexibility index (Phi) is 2.97. The minimum atomic E-state index is 0.836. The monoisotopic (exact) mass is 215 g/mol. The Morgan fingerprint density at radius 2 is 1.93 bits per heavy atom. The number of allylic oxidation sites excluding steroid dienone is 2. The minimum absolute atomic E-state index is 0.836. The average Bonchev–Trinajstić information content (AvgIpc) is 2.44. The predicted octanol–water partition coefficient (Wildman–Crippen LogP) is 3.25. The van der Waals surface area contributed by atoms with Gasteiger partial charge in [-0.15, -0.1) is 0 Å². The fourth-order valence-corrected chi connectivity index (χ4v) is 1.67. The molecule has 15 heavy (non-hydrogen) atoms. The maximum Gasteiger partial charge on any atom is 0.0854 e. The SMILES string of the molecule is CN1C=CC(c2ccccc2)=CCC1=S. The lowest BCUT2D eigenvalue weighted by atomic mass is 10.1. The molecular formula is C13H13NS. The maximum absolute atomic E-state index is 5.25. The molecule has 0 spiro atoms. The molecule has 1 aromatic rings. The molecule has 0 saturated heterocycles. The van der Waals surface area contributed by atoms with E-state index < -0.39 is 0 Å². The van der Waals surface area contributed by atoms with Gasteiger partial charge in [0, 0.05) is 19.7 Å². The summed E-state index contributed by atoms with van der Waals surface area (Å²) in [6.07, 6.45) is 7.14. The fraction of sp³-hybridized carbons (Fsp3) is 0.154. The molecule has 0 N–H and O–H groups in total. The van der Waals surface area contributed by atoms with Gasteiger partial charge in [0.05, 0.1) is 4.99 Å². The van der Waals surface area contributed by atoms with Crippen LogP contribution in [0, 0.1) is 0 Å². The molecule has 1 aliphatic rings. The van der Waals surface area contributed by atoms with Crippen LogP contribution in [-0.2, 0) is 0 Å². The molecule has 0 aromatic heterocycles. The van der Waals surface area contributed by atoms with Crippen molar-refractivity contribution in [1.82, 2.24) is 4.90 Å². The first-order chi connectivity index (χ1) is 7.27. The highest BCUT2D eigenvalue weighted by atomic mass is 32.1. The van der Waals surface area contributed by atoms with Crippen molar-refractivity contribution in [3.8, 4) is 0 Å². The molecule has 1 heterocycles. The molecule has 0 bridgehead atoms. The van der Waals surface area contributed by atoms with Crippen molar-refractivity contribution in [1.29, 1.82) is 0 Å².